The molecule has 1 saturated heterocycles. The van der Waals surface area contributed by atoms with Crippen LogP contribution in [-0.4, -0.2) is 78.1 Å². The zero-order valence-corrected chi connectivity index (χ0v) is 28.5. The van der Waals surface area contributed by atoms with Crippen LogP contribution in [0.25, 0.3) is 0 Å². The predicted octanol–water partition coefficient (Wildman–Crippen LogP) is 5.43. The van der Waals surface area contributed by atoms with Gasteiger partial charge in [0.15, 0.2) is 0 Å². The van der Waals surface area contributed by atoms with Crippen molar-refractivity contribution in [3.05, 3.63) is 113 Å². The van der Waals surface area contributed by atoms with Crippen molar-refractivity contribution < 1.29 is 14.3 Å². The van der Waals surface area contributed by atoms with Crippen molar-refractivity contribution in [1.29, 1.82) is 0 Å². The maximum atomic E-state index is 12.2. The van der Waals surface area contributed by atoms with Crippen molar-refractivity contribution in [1.82, 2.24) is 19.8 Å². The van der Waals surface area contributed by atoms with Gasteiger partial charge in [0.1, 0.15) is 5.82 Å². The van der Waals surface area contributed by atoms with Crippen LogP contribution < -0.4 is 15.3 Å². The van der Waals surface area contributed by atoms with Gasteiger partial charge in [-0.15, -0.1) is 0 Å². The molecule has 3 heterocycles. The molecular formula is C36H42ClN5O3Si. The Kier molecular flexibility index (Phi) is 9.47. The van der Waals surface area contributed by atoms with Crippen LogP contribution in [0.2, 0.25) is 10.3 Å². The van der Waals surface area contributed by atoms with E-state index in [9.17, 15) is 9.90 Å². The third-order valence-corrected chi connectivity index (χ3v) is 14.5. The van der Waals surface area contributed by atoms with Crippen LogP contribution in [0.3, 0.4) is 0 Å². The quantitative estimate of drug-likeness (QED) is 0.200. The summed E-state index contributed by atoms with van der Waals surface area (Å²) in [5, 5.41) is 12.4. The molecule has 0 aliphatic carbocycles. The van der Waals surface area contributed by atoms with Crippen molar-refractivity contribution in [3.8, 4) is 0 Å². The van der Waals surface area contributed by atoms with Gasteiger partial charge in [-0.3, -0.25) is 4.90 Å². The normalized spacial score (nSPS) is 17.5. The Morgan fingerprint density at radius 1 is 0.913 bits per heavy atom. The lowest BCUT2D eigenvalue weighted by atomic mass is 10.0. The smallest absolute Gasteiger partial charge is 0.407 e. The predicted molar refractivity (Wildman–Crippen MR) is 186 cm³/mol. The number of carboxylic acid groups (broad SMARTS) is 1. The highest BCUT2D eigenvalue weighted by atomic mass is 35.5. The molecule has 6 rings (SSSR count). The molecule has 1 aromatic heterocycles. The molecule has 0 bridgehead atoms. The second-order valence-electron chi connectivity index (χ2n) is 13.2. The Morgan fingerprint density at radius 3 is 2.11 bits per heavy atom. The molecule has 46 heavy (non-hydrogen) atoms. The molecule has 1 atom stereocenters. The summed E-state index contributed by atoms with van der Waals surface area (Å²) in [4.78, 5) is 27.8. The van der Waals surface area contributed by atoms with Crippen molar-refractivity contribution in [2.24, 2.45) is 0 Å². The Labute approximate surface area is 277 Å². The fourth-order valence-electron chi connectivity index (χ4n) is 7.08. The van der Waals surface area contributed by atoms with Crippen LogP contribution in [0.1, 0.15) is 37.6 Å². The molecule has 0 spiro atoms. The minimum absolute atomic E-state index is 0.207. The number of hydrogen-bond donors (Lipinski definition) is 1. The highest BCUT2D eigenvalue weighted by Gasteiger charge is 2.51. The number of hydrogen-bond acceptors (Lipinski definition) is 6. The molecule has 3 aromatic carbocycles. The average molecular weight is 656 g/mol. The van der Waals surface area contributed by atoms with E-state index in [0.29, 0.717) is 32.8 Å². The second kappa shape index (κ2) is 13.5. The summed E-state index contributed by atoms with van der Waals surface area (Å²) >= 11 is 6.61. The van der Waals surface area contributed by atoms with E-state index in [-0.39, 0.29) is 16.4 Å². The van der Waals surface area contributed by atoms with Crippen molar-refractivity contribution in [2.45, 2.75) is 51.4 Å². The minimum Gasteiger partial charge on any atom is -0.465 e. The SMILES string of the molecule is CC(C)(C)[Si](OCC1CN(C(=O)O)CCN1c1nc(Cl)nc2c1CCN(Cc1ccccc1)C2)(c1ccccc1)c1ccccc1. The Morgan fingerprint density at radius 2 is 1.52 bits per heavy atom. The monoisotopic (exact) mass is 655 g/mol. The van der Waals surface area contributed by atoms with Gasteiger partial charge in [0.25, 0.3) is 8.32 Å². The molecule has 0 saturated carbocycles. The lowest BCUT2D eigenvalue weighted by molar-refractivity contribution is 0.125. The van der Waals surface area contributed by atoms with Gasteiger partial charge in [-0.25, -0.2) is 14.8 Å². The fourth-order valence-corrected chi connectivity index (χ4v) is 11.9. The molecule has 10 heteroatoms. The first kappa shape index (κ1) is 32.2. The van der Waals surface area contributed by atoms with Gasteiger partial charge in [0, 0.05) is 44.8 Å². The van der Waals surface area contributed by atoms with Gasteiger partial charge in [-0.05, 0) is 39.0 Å². The topological polar surface area (TPSA) is 82.0 Å². The first-order valence-corrected chi connectivity index (χ1v) is 18.3. The zero-order valence-electron chi connectivity index (χ0n) is 26.8. The highest BCUT2D eigenvalue weighted by Crippen LogP contribution is 2.38. The largest absolute Gasteiger partial charge is 0.465 e. The number of carbonyl (C=O) groups is 1. The van der Waals surface area contributed by atoms with Gasteiger partial charge in [0.2, 0.25) is 5.28 Å². The van der Waals surface area contributed by atoms with Crippen LogP contribution >= 0.6 is 11.6 Å². The van der Waals surface area contributed by atoms with Crippen LogP contribution in [0, 0.1) is 0 Å². The molecule has 1 amide bonds. The zero-order chi connectivity index (χ0) is 32.3. The van der Waals surface area contributed by atoms with Gasteiger partial charge >= 0.3 is 6.09 Å². The van der Waals surface area contributed by atoms with E-state index in [0.717, 1.165) is 36.6 Å². The number of halogens is 1. The van der Waals surface area contributed by atoms with Gasteiger partial charge in [-0.1, -0.05) is 112 Å². The van der Waals surface area contributed by atoms with Crippen LogP contribution in [0.15, 0.2) is 91.0 Å². The lowest BCUT2D eigenvalue weighted by Crippen LogP contribution is -2.68. The third kappa shape index (κ3) is 6.55. The van der Waals surface area contributed by atoms with Crippen LogP contribution in [-0.2, 0) is 23.9 Å². The number of nitrogens with zero attached hydrogens (tertiary/aromatic N) is 5. The summed E-state index contributed by atoms with van der Waals surface area (Å²) in [7, 11) is -2.86. The van der Waals surface area contributed by atoms with Crippen molar-refractivity contribution in [3.63, 3.8) is 0 Å². The van der Waals surface area contributed by atoms with Gasteiger partial charge in [0.05, 0.1) is 18.3 Å². The van der Waals surface area contributed by atoms with Crippen molar-refractivity contribution in [2.75, 3.05) is 37.7 Å². The number of aromatic nitrogens is 2. The molecule has 1 fully saturated rings. The molecule has 4 aromatic rings. The summed E-state index contributed by atoms with van der Waals surface area (Å²) in [6.45, 7) is 10.7. The molecule has 8 nitrogen and oxygen atoms in total. The number of anilines is 1. The second-order valence-corrected chi connectivity index (χ2v) is 17.9. The minimum atomic E-state index is -2.86. The molecule has 2 aliphatic rings. The third-order valence-electron chi connectivity index (χ3n) is 9.28. The van der Waals surface area contributed by atoms with E-state index >= 15 is 0 Å². The maximum absolute atomic E-state index is 12.2. The van der Waals surface area contributed by atoms with E-state index in [1.54, 1.807) is 0 Å². The first-order valence-electron chi connectivity index (χ1n) is 16.0. The first-order chi connectivity index (χ1) is 22.2. The average Bonchev–Trinajstić information content (AvgIpc) is 3.05. The fraction of sp³-hybridized carbons (Fsp3) is 0.361. The number of rotatable bonds is 8. The molecule has 1 unspecified atom stereocenters. The summed E-state index contributed by atoms with van der Waals surface area (Å²) in [5.41, 5.74) is 3.29. The summed E-state index contributed by atoms with van der Waals surface area (Å²) in [6.07, 6.45) is -0.134. The summed E-state index contributed by atoms with van der Waals surface area (Å²) < 4.78 is 7.34. The van der Waals surface area contributed by atoms with Crippen LogP contribution in [0.4, 0.5) is 10.6 Å². The van der Waals surface area contributed by atoms with Crippen molar-refractivity contribution >= 4 is 42.2 Å². The number of amides is 1. The summed E-state index contributed by atoms with van der Waals surface area (Å²) in [6, 6.07) is 31.3. The number of piperazine rings is 1. The lowest BCUT2D eigenvalue weighted by Gasteiger charge is -2.47. The van der Waals surface area contributed by atoms with E-state index in [1.165, 1.54) is 20.8 Å². The number of benzene rings is 3. The van der Waals surface area contributed by atoms with Gasteiger partial charge in [-0.2, -0.15) is 0 Å². The Bertz CT molecular complexity index is 1600. The maximum Gasteiger partial charge on any atom is 0.407 e. The highest BCUT2D eigenvalue weighted by molar-refractivity contribution is 6.99. The number of fused-ring (bicyclic) bond motifs is 1. The van der Waals surface area contributed by atoms with Crippen LogP contribution in [0.5, 0.6) is 0 Å². The molecular weight excluding hydrogens is 614 g/mol. The summed E-state index contributed by atoms with van der Waals surface area (Å²) in [5.74, 6) is 0.801. The van der Waals surface area contributed by atoms with Gasteiger partial charge < -0.3 is 19.3 Å². The molecule has 240 valence electrons. The van der Waals surface area contributed by atoms with E-state index in [4.69, 9.17) is 21.0 Å². The molecule has 1 N–H and O–H groups in total. The molecule has 0 radical (unpaired) electrons. The Hall–Kier alpha value is -3.76. The standard InChI is InChI=1S/C36H42ClN5O3Si/c1-36(2,3)46(29-15-9-5-10-16-29,30-17-11-6-12-18-30)45-26-28-24-41(35(43)44)21-22-42(28)33-31-19-20-40(23-27-13-7-4-8-14-27)25-32(31)38-34(37)39-33/h4-18,28H,19-26H2,1-3H3,(H,43,44). The van der Waals surface area contributed by atoms with E-state index in [1.807, 2.05) is 18.2 Å². The molecule has 2 aliphatic heterocycles. The Balaban J connectivity index is 1.35. The van der Waals surface area contributed by atoms with E-state index < -0.39 is 14.4 Å². The van der Waals surface area contributed by atoms with E-state index in [2.05, 4.69) is 108 Å².